The number of hydrogen-bond donors (Lipinski definition) is 2. The van der Waals surface area contributed by atoms with Crippen molar-refractivity contribution in [2.24, 2.45) is 4.99 Å². The molecule has 3 rings (SSSR count). The average Bonchev–Trinajstić information content (AvgIpc) is 3.01. The molecule has 1 saturated heterocycles. The van der Waals surface area contributed by atoms with Crippen LogP contribution < -0.4 is 14.8 Å². The van der Waals surface area contributed by atoms with Gasteiger partial charge in [-0.1, -0.05) is 18.2 Å². The van der Waals surface area contributed by atoms with Crippen LogP contribution in [0.5, 0.6) is 11.5 Å². The first-order valence-corrected chi connectivity index (χ1v) is 9.61. The molecule has 1 amide bonds. The van der Waals surface area contributed by atoms with E-state index in [1.165, 1.54) is 25.8 Å². The van der Waals surface area contributed by atoms with Crippen LogP contribution in [0.1, 0.15) is 18.1 Å². The molecule has 0 aromatic heterocycles. The predicted octanol–water partition coefficient (Wildman–Crippen LogP) is 3.75. The van der Waals surface area contributed by atoms with Crippen molar-refractivity contribution in [3.63, 3.8) is 0 Å². The number of rotatable bonds is 6. The van der Waals surface area contributed by atoms with E-state index in [9.17, 15) is 9.59 Å². The number of aryl methyl sites for hydroxylation is 1. The maximum absolute atomic E-state index is 12.3. The molecule has 29 heavy (non-hydrogen) atoms. The normalized spacial score (nSPS) is 17.3. The third kappa shape index (κ3) is 5.17. The standard InChI is InChI=1S/C21H20N2O5S/c1-12-5-4-6-15(9-12)22-21-23-19(24)18(29-21)11-14-7-8-16(17(10-14)27-3)28-13(2)20(25)26/h4-11,13H,1-3H3,(H,25,26)(H,22,23,24). The Balaban J connectivity index is 1.80. The molecule has 0 saturated carbocycles. The minimum Gasteiger partial charge on any atom is -0.493 e. The van der Waals surface area contributed by atoms with Crippen molar-refractivity contribution < 1.29 is 24.2 Å². The number of nitrogens with zero attached hydrogens (tertiary/aromatic N) is 1. The van der Waals surface area contributed by atoms with Gasteiger partial charge in [0.2, 0.25) is 0 Å². The van der Waals surface area contributed by atoms with Gasteiger partial charge in [0.1, 0.15) is 0 Å². The highest BCUT2D eigenvalue weighted by atomic mass is 32.2. The van der Waals surface area contributed by atoms with Gasteiger partial charge in [-0.25, -0.2) is 9.79 Å². The van der Waals surface area contributed by atoms with Crippen LogP contribution in [0.25, 0.3) is 6.08 Å². The number of ether oxygens (including phenoxy) is 2. The van der Waals surface area contributed by atoms with Crippen molar-refractivity contribution >= 4 is 40.6 Å². The zero-order valence-corrected chi connectivity index (χ0v) is 16.9. The maximum atomic E-state index is 12.3. The summed E-state index contributed by atoms with van der Waals surface area (Å²) in [6.07, 6.45) is 0.704. The largest absolute Gasteiger partial charge is 0.493 e. The lowest BCUT2D eigenvalue weighted by Gasteiger charge is -2.14. The first-order valence-electron chi connectivity index (χ1n) is 8.79. The molecule has 1 aliphatic heterocycles. The van der Waals surface area contributed by atoms with Gasteiger partial charge < -0.3 is 19.9 Å². The Hall–Kier alpha value is -3.26. The fourth-order valence-electron chi connectivity index (χ4n) is 2.56. The van der Waals surface area contributed by atoms with Gasteiger partial charge >= 0.3 is 5.97 Å². The van der Waals surface area contributed by atoms with Crippen LogP contribution in [0.2, 0.25) is 0 Å². The van der Waals surface area contributed by atoms with Crippen LogP contribution in [0, 0.1) is 6.92 Å². The third-order valence-electron chi connectivity index (χ3n) is 4.02. The van der Waals surface area contributed by atoms with Crippen LogP contribution in [-0.4, -0.2) is 35.4 Å². The lowest BCUT2D eigenvalue weighted by molar-refractivity contribution is -0.144. The average molecular weight is 412 g/mol. The quantitative estimate of drug-likeness (QED) is 0.702. The Labute approximate surface area is 172 Å². The van der Waals surface area contributed by atoms with Gasteiger partial charge in [0.25, 0.3) is 5.91 Å². The van der Waals surface area contributed by atoms with Gasteiger partial charge in [0, 0.05) is 0 Å². The molecule has 150 valence electrons. The van der Waals surface area contributed by atoms with Gasteiger partial charge in [-0.3, -0.25) is 4.79 Å². The van der Waals surface area contributed by atoms with E-state index in [1.54, 1.807) is 24.3 Å². The lowest BCUT2D eigenvalue weighted by Crippen LogP contribution is -2.23. The predicted molar refractivity (Wildman–Crippen MR) is 113 cm³/mol. The summed E-state index contributed by atoms with van der Waals surface area (Å²) < 4.78 is 10.7. The van der Waals surface area contributed by atoms with Gasteiger partial charge in [0.15, 0.2) is 22.8 Å². The van der Waals surface area contributed by atoms with E-state index < -0.39 is 12.1 Å². The molecule has 1 fully saturated rings. The van der Waals surface area contributed by atoms with Crippen molar-refractivity contribution in [3.8, 4) is 11.5 Å². The highest BCUT2D eigenvalue weighted by Gasteiger charge is 2.24. The molecule has 2 N–H and O–H groups in total. The van der Waals surface area contributed by atoms with E-state index in [0.717, 1.165) is 11.3 Å². The van der Waals surface area contributed by atoms with Gasteiger partial charge in [0.05, 0.1) is 17.7 Å². The van der Waals surface area contributed by atoms with Crippen molar-refractivity contribution in [2.75, 3.05) is 7.11 Å². The fraction of sp³-hybridized carbons (Fsp3) is 0.190. The molecule has 1 heterocycles. The number of carbonyl (C=O) groups excluding carboxylic acids is 1. The number of carboxylic acids is 1. The fourth-order valence-corrected chi connectivity index (χ4v) is 3.40. The smallest absolute Gasteiger partial charge is 0.344 e. The molecule has 0 radical (unpaired) electrons. The summed E-state index contributed by atoms with van der Waals surface area (Å²) in [5.41, 5.74) is 2.57. The molecule has 0 spiro atoms. The second kappa shape index (κ2) is 8.83. The van der Waals surface area contributed by atoms with Crippen LogP contribution in [-0.2, 0) is 9.59 Å². The summed E-state index contributed by atoms with van der Waals surface area (Å²) in [4.78, 5) is 28.2. The van der Waals surface area contributed by atoms with Crippen LogP contribution in [0.4, 0.5) is 5.69 Å². The number of nitrogens with one attached hydrogen (secondary N) is 1. The molecular weight excluding hydrogens is 392 g/mol. The summed E-state index contributed by atoms with van der Waals surface area (Å²) in [6, 6.07) is 12.7. The lowest BCUT2D eigenvalue weighted by atomic mass is 10.2. The van der Waals surface area contributed by atoms with E-state index >= 15 is 0 Å². The van der Waals surface area contributed by atoms with Crippen LogP contribution in [0.15, 0.2) is 52.4 Å². The summed E-state index contributed by atoms with van der Waals surface area (Å²) in [5, 5.41) is 12.3. The maximum Gasteiger partial charge on any atom is 0.344 e. The van der Waals surface area contributed by atoms with Crippen LogP contribution >= 0.6 is 11.8 Å². The minimum absolute atomic E-state index is 0.236. The Morgan fingerprint density at radius 2 is 2.03 bits per heavy atom. The Morgan fingerprint density at radius 3 is 2.72 bits per heavy atom. The number of carboxylic acid groups (broad SMARTS) is 1. The summed E-state index contributed by atoms with van der Waals surface area (Å²) in [5.74, 6) is -0.614. The molecule has 2 aromatic carbocycles. The number of carbonyl (C=O) groups is 2. The molecule has 0 bridgehead atoms. The Bertz CT molecular complexity index is 1020. The summed E-state index contributed by atoms with van der Waals surface area (Å²) >= 11 is 1.25. The first kappa shape index (κ1) is 20.5. The molecule has 8 heteroatoms. The van der Waals surface area contributed by atoms with Crippen molar-refractivity contribution in [1.82, 2.24) is 5.32 Å². The van der Waals surface area contributed by atoms with Crippen molar-refractivity contribution in [2.45, 2.75) is 20.0 Å². The molecule has 1 unspecified atom stereocenters. The molecular formula is C21H20N2O5S. The van der Waals surface area contributed by atoms with Gasteiger partial charge in [-0.05, 0) is 67.1 Å². The zero-order chi connectivity index (χ0) is 21.0. The second-order valence-corrected chi connectivity index (χ2v) is 7.36. The summed E-state index contributed by atoms with van der Waals surface area (Å²) in [6.45, 7) is 3.42. The number of amides is 1. The number of hydrogen-bond acceptors (Lipinski definition) is 6. The highest BCUT2D eigenvalue weighted by Crippen LogP contribution is 2.32. The number of aliphatic carboxylic acids is 1. The highest BCUT2D eigenvalue weighted by molar-refractivity contribution is 8.18. The number of methoxy groups -OCH3 is 1. The first-order chi connectivity index (χ1) is 13.9. The number of benzene rings is 2. The Kier molecular flexibility index (Phi) is 6.23. The Morgan fingerprint density at radius 1 is 1.24 bits per heavy atom. The molecule has 1 atom stereocenters. The van der Waals surface area contributed by atoms with Crippen molar-refractivity contribution in [1.29, 1.82) is 0 Å². The monoisotopic (exact) mass is 412 g/mol. The van der Waals surface area contributed by atoms with E-state index in [2.05, 4.69) is 10.3 Å². The minimum atomic E-state index is -1.07. The number of amidine groups is 1. The van der Waals surface area contributed by atoms with Crippen LogP contribution in [0.3, 0.4) is 0 Å². The summed E-state index contributed by atoms with van der Waals surface area (Å²) in [7, 11) is 1.47. The molecule has 1 aliphatic rings. The van der Waals surface area contributed by atoms with Gasteiger partial charge in [-0.2, -0.15) is 0 Å². The molecule has 0 aliphatic carbocycles. The van der Waals surface area contributed by atoms with Crippen molar-refractivity contribution in [3.05, 3.63) is 58.5 Å². The van der Waals surface area contributed by atoms with E-state index in [-0.39, 0.29) is 5.91 Å². The number of aliphatic imine (C=N–C) groups is 1. The zero-order valence-electron chi connectivity index (χ0n) is 16.1. The van der Waals surface area contributed by atoms with E-state index in [1.807, 2.05) is 31.2 Å². The second-order valence-electron chi connectivity index (χ2n) is 6.33. The number of thioether (sulfide) groups is 1. The van der Waals surface area contributed by atoms with E-state index in [4.69, 9.17) is 14.6 Å². The third-order valence-corrected chi connectivity index (χ3v) is 4.93. The molecule has 7 nitrogen and oxygen atoms in total. The molecule has 2 aromatic rings. The SMILES string of the molecule is COc1cc(C=C2SC(=Nc3cccc(C)c3)NC2=O)ccc1OC(C)C(=O)O. The topological polar surface area (TPSA) is 97.2 Å². The van der Waals surface area contributed by atoms with E-state index in [0.29, 0.717) is 27.1 Å². The van der Waals surface area contributed by atoms with Gasteiger partial charge in [-0.15, -0.1) is 0 Å².